The van der Waals surface area contributed by atoms with E-state index in [-0.39, 0.29) is 17.7 Å². The number of fused-ring (bicyclic) bond motifs is 1. The first-order valence-corrected chi connectivity index (χ1v) is 13.7. The number of likely N-dealkylation sites (tertiary alicyclic amines) is 2. The molecule has 4 heterocycles. The van der Waals surface area contributed by atoms with Crippen molar-refractivity contribution >= 4 is 34.1 Å². The highest BCUT2D eigenvalue weighted by Gasteiger charge is 2.28. The second kappa shape index (κ2) is 11.3. The molecule has 0 aliphatic carbocycles. The van der Waals surface area contributed by atoms with Crippen LogP contribution in [-0.4, -0.2) is 78.0 Å². The predicted octanol–water partition coefficient (Wildman–Crippen LogP) is 3.94. The molecule has 36 heavy (non-hydrogen) atoms. The van der Waals surface area contributed by atoms with E-state index in [9.17, 15) is 9.59 Å². The van der Waals surface area contributed by atoms with Crippen LogP contribution in [0, 0.1) is 0 Å². The molecule has 1 aromatic carbocycles. The molecular weight excluding hydrogens is 474 g/mol. The van der Waals surface area contributed by atoms with Gasteiger partial charge in [-0.15, -0.1) is 11.3 Å². The molecular formula is C27H33N5O3S. The van der Waals surface area contributed by atoms with Crippen LogP contribution in [-0.2, 0) is 0 Å². The third-order valence-electron chi connectivity index (χ3n) is 7.14. The number of aromatic nitrogens is 2. The fraction of sp³-hybridized carbons (Fsp3) is 0.481. The third-order valence-corrected chi connectivity index (χ3v) is 8.15. The number of nitrogens with one attached hydrogen (secondary N) is 1. The van der Waals surface area contributed by atoms with Gasteiger partial charge >= 0.3 is 0 Å². The number of piperidine rings is 1. The lowest BCUT2D eigenvalue weighted by Crippen LogP contribution is -2.38. The summed E-state index contributed by atoms with van der Waals surface area (Å²) in [5, 5.41) is 6.74. The first kappa shape index (κ1) is 24.6. The van der Waals surface area contributed by atoms with Crippen molar-refractivity contribution in [3.63, 3.8) is 0 Å². The summed E-state index contributed by atoms with van der Waals surface area (Å²) < 4.78 is 5.50. The van der Waals surface area contributed by atoms with Crippen molar-refractivity contribution in [2.75, 3.05) is 46.4 Å². The molecule has 190 valence electrons. The molecule has 0 unspecified atom stereocenters. The second-order valence-corrected chi connectivity index (χ2v) is 10.4. The summed E-state index contributed by atoms with van der Waals surface area (Å²) in [6.07, 6.45) is 5.18. The molecule has 5 rings (SSSR count). The normalized spacial score (nSPS) is 17.0. The summed E-state index contributed by atoms with van der Waals surface area (Å²) in [5.41, 5.74) is 1.66. The minimum Gasteiger partial charge on any atom is -0.496 e. The molecule has 2 aliphatic heterocycles. The SMILES string of the molecule is COc1cc(C(=O)N2CCC(c3nc(C(=O)NCCCN4CCCC4)cs3)CC2)nc2ccccc12. The molecule has 0 saturated carbocycles. The highest BCUT2D eigenvalue weighted by Crippen LogP contribution is 2.32. The Morgan fingerprint density at radius 1 is 1.08 bits per heavy atom. The van der Waals surface area contributed by atoms with Crippen molar-refractivity contribution in [3.05, 3.63) is 52.1 Å². The van der Waals surface area contributed by atoms with Crippen molar-refractivity contribution in [1.82, 2.24) is 25.1 Å². The second-order valence-electron chi connectivity index (χ2n) is 9.52. The van der Waals surface area contributed by atoms with Gasteiger partial charge in [-0.3, -0.25) is 9.59 Å². The number of hydrogen-bond acceptors (Lipinski definition) is 7. The number of rotatable bonds is 8. The van der Waals surface area contributed by atoms with Crippen molar-refractivity contribution in [3.8, 4) is 5.75 Å². The molecule has 0 bridgehead atoms. The summed E-state index contributed by atoms with van der Waals surface area (Å²) in [7, 11) is 1.61. The van der Waals surface area contributed by atoms with E-state index in [0.29, 0.717) is 36.8 Å². The maximum atomic E-state index is 13.2. The minimum absolute atomic E-state index is 0.0781. The monoisotopic (exact) mass is 507 g/mol. The molecule has 1 N–H and O–H groups in total. The lowest BCUT2D eigenvalue weighted by molar-refractivity contribution is 0.0707. The average Bonchev–Trinajstić information content (AvgIpc) is 3.63. The van der Waals surface area contributed by atoms with Crippen LogP contribution in [0.25, 0.3) is 10.9 Å². The summed E-state index contributed by atoms with van der Waals surface area (Å²) >= 11 is 1.54. The quantitative estimate of drug-likeness (QED) is 0.465. The van der Waals surface area contributed by atoms with Gasteiger partial charge in [-0.1, -0.05) is 12.1 Å². The van der Waals surface area contributed by atoms with Crippen LogP contribution in [0.4, 0.5) is 0 Å². The summed E-state index contributed by atoms with van der Waals surface area (Å²) in [6.45, 7) is 5.36. The topological polar surface area (TPSA) is 87.7 Å². The van der Waals surface area contributed by atoms with Gasteiger partial charge < -0.3 is 19.9 Å². The van der Waals surface area contributed by atoms with Crippen LogP contribution in [0.2, 0.25) is 0 Å². The van der Waals surface area contributed by atoms with Crippen LogP contribution in [0.1, 0.15) is 64.0 Å². The zero-order valence-corrected chi connectivity index (χ0v) is 21.6. The Morgan fingerprint density at radius 3 is 2.64 bits per heavy atom. The van der Waals surface area contributed by atoms with E-state index in [4.69, 9.17) is 4.74 Å². The average molecular weight is 508 g/mol. The number of benzene rings is 1. The molecule has 9 heteroatoms. The number of carbonyl (C=O) groups excluding carboxylic acids is 2. The number of amides is 2. The molecule has 0 atom stereocenters. The van der Waals surface area contributed by atoms with Crippen LogP contribution in [0.5, 0.6) is 5.75 Å². The van der Waals surface area contributed by atoms with Crippen molar-refractivity contribution in [1.29, 1.82) is 0 Å². The number of hydrogen-bond donors (Lipinski definition) is 1. The Kier molecular flexibility index (Phi) is 7.77. The van der Waals surface area contributed by atoms with E-state index in [1.165, 1.54) is 25.9 Å². The Balaban J connectivity index is 1.13. The van der Waals surface area contributed by atoms with Crippen LogP contribution >= 0.6 is 11.3 Å². The van der Waals surface area contributed by atoms with E-state index in [0.717, 1.165) is 41.7 Å². The first-order chi connectivity index (χ1) is 17.6. The molecule has 0 spiro atoms. The number of para-hydroxylation sites is 1. The van der Waals surface area contributed by atoms with E-state index < -0.39 is 0 Å². The fourth-order valence-electron chi connectivity index (χ4n) is 5.09. The highest BCUT2D eigenvalue weighted by molar-refractivity contribution is 7.09. The highest BCUT2D eigenvalue weighted by atomic mass is 32.1. The van der Waals surface area contributed by atoms with E-state index in [1.54, 1.807) is 24.5 Å². The van der Waals surface area contributed by atoms with Crippen molar-refractivity contribution in [2.45, 2.75) is 38.0 Å². The van der Waals surface area contributed by atoms with Gasteiger partial charge in [-0.25, -0.2) is 9.97 Å². The standard InChI is InChI=1S/C27H33N5O3S/c1-35-24-17-22(29-21-8-3-2-7-20(21)24)27(34)32-15-9-19(10-16-32)26-30-23(18-36-26)25(33)28-11-6-14-31-12-4-5-13-31/h2-3,7-8,17-19H,4-6,9-16H2,1H3,(H,28,33). The van der Waals surface area contributed by atoms with Gasteiger partial charge in [0.15, 0.2) is 0 Å². The Labute approximate surface area is 215 Å². The molecule has 3 aromatic rings. The molecule has 2 fully saturated rings. The fourth-order valence-corrected chi connectivity index (χ4v) is 6.07. The van der Waals surface area contributed by atoms with Crippen molar-refractivity contribution < 1.29 is 14.3 Å². The number of thiazole rings is 1. The minimum atomic E-state index is -0.0946. The van der Waals surface area contributed by atoms with Crippen molar-refractivity contribution in [2.24, 2.45) is 0 Å². The zero-order valence-electron chi connectivity index (χ0n) is 20.7. The Morgan fingerprint density at radius 2 is 1.86 bits per heavy atom. The van der Waals surface area contributed by atoms with Crippen LogP contribution < -0.4 is 10.1 Å². The smallest absolute Gasteiger partial charge is 0.272 e. The molecule has 2 saturated heterocycles. The number of ether oxygens (including phenoxy) is 1. The van der Waals surface area contributed by atoms with Gasteiger partial charge in [0.25, 0.3) is 11.8 Å². The Hall–Kier alpha value is -3.04. The Bertz CT molecular complexity index is 1220. The van der Waals surface area contributed by atoms with Gasteiger partial charge in [0, 0.05) is 42.4 Å². The van der Waals surface area contributed by atoms with Gasteiger partial charge in [-0.05, 0) is 63.9 Å². The van der Waals surface area contributed by atoms with E-state index in [2.05, 4.69) is 20.2 Å². The largest absolute Gasteiger partial charge is 0.496 e. The maximum absolute atomic E-state index is 13.2. The molecule has 2 aromatic heterocycles. The summed E-state index contributed by atoms with van der Waals surface area (Å²) in [6, 6.07) is 9.41. The molecule has 2 aliphatic rings. The molecule has 2 amide bonds. The van der Waals surface area contributed by atoms with Gasteiger partial charge in [0.1, 0.15) is 17.1 Å². The number of methoxy groups -OCH3 is 1. The lowest BCUT2D eigenvalue weighted by Gasteiger charge is -2.31. The van der Waals surface area contributed by atoms with E-state index in [1.807, 2.05) is 34.5 Å². The maximum Gasteiger partial charge on any atom is 0.272 e. The predicted molar refractivity (Wildman–Crippen MR) is 141 cm³/mol. The van der Waals surface area contributed by atoms with Gasteiger partial charge in [0.2, 0.25) is 0 Å². The first-order valence-electron chi connectivity index (χ1n) is 12.8. The number of pyridine rings is 1. The van der Waals surface area contributed by atoms with Crippen LogP contribution in [0.15, 0.2) is 35.7 Å². The number of nitrogens with zero attached hydrogens (tertiary/aromatic N) is 4. The molecule has 0 radical (unpaired) electrons. The summed E-state index contributed by atoms with van der Waals surface area (Å²) in [5.74, 6) is 0.742. The van der Waals surface area contributed by atoms with Crippen LogP contribution in [0.3, 0.4) is 0 Å². The van der Waals surface area contributed by atoms with Gasteiger partial charge in [-0.2, -0.15) is 0 Å². The lowest BCUT2D eigenvalue weighted by atomic mass is 9.97. The van der Waals surface area contributed by atoms with Gasteiger partial charge in [0.05, 0.1) is 17.6 Å². The summed E-state index contributed by atoms with van der Waals surface area (Å²) in [4.78, 5) is 39.3. The molecule has 8 nitrogen and oxygen atoms in total. The van der Waals surface area contributed by atoms with E-state index >= 15 is 0 Å². The number of carbonyl (C=O) groups is 2. The third kappa shape index (κ3) is 5.52. The zero-order chi connectivity index (χ0) is 24.9.